The summed E-state index contributed by atoms with van der Waals surface area (Å²) in [4.78, 5) is 21.5. The van der Waals surface area contributed by atoms with Crippen LogP contribution in [0.1, 0.15) is 25.1 Å². The van der Waals surface area contributed by atoms with Crippen LogP contribution in [0.25, 0.3) is 21.8 Å². The molecular formula is C18H20N6OS. The molecule has 0 atom stereocenters. The molecule has 0 radical (unpaired) electrons. The van der Waals surface area contributed by atoms with Gasteiger partial charge in [0, 0.05) is 37.8 Å². The third-order valence-corrected chi connectivity index (χ3v) is 5.47. The molecule has 1 aliphatic rings. The SMILES string of the molecule is CCn1nc(-c2ccc(NC)nc2)c2c1-c1sc(NC(C)=O)nc1CC2. The molecule has 1 aliphatic carbocycles. The fraction of sp³-hybridized carbons (Fsp3) is 0.333. The first-order chi connectivity index (χ1) is 12.6. The Morgan fingerprint density at radius 3 is 2.85 bits per heavy atom. The van der Waals surface area contributed by atoms with Gasteiger partial charge in [0.2, 0.25) is 5.91 Å². The summed E-state index contributed by atoms with van der Waals surface area (Å²) in [7, 11) is 1.85. The lowest BCUT2D eigenvalue weighted by atomic mass is 9.95. The number of thiazole rings is 1. The Morgan fingerprint density at radius 2 is 2.19 bits per heavy atom. The lowest BCUT2D eigenvalue weighted by Crippen LogP contribution is -2.07. The Hall–Kier alpha value is -2.74. The summed E-state index contributed by atoms with van der Waals surface area (Å²) < 4.78 is 2.03. The number of aromatic nitrogens is 4. The van der Waals surface area contributed by atoms with Gasteiger partial charge >= 0.3 is 0 Å². The number of carbonyl (C=O) groups excluding carboxylic acids is 1. The van der Waals surface area contributed by atoms with Crippen LogP contribution in [0.3, 0.4) is 0 Å². The Morgan fingerprint density at radius 1 is 1.35 bits per heavy atom. The summed E-state index contributed by atoms with van der Waals surface area (Å²) in [6.45, 7) is 4.36. The molecule has 26 heavy (non-hydrogen) atoms. The number of nitrogens with zero attached hydrogens (tertiary/aromatic N) is 4. The minimum absolute atomic E-state index is 0.100. The molecule has 0 saturated heterocycles. The largest absolute Gasteiger partial charge is 0.373 e. The van der Waals surface area contributed by atoms with Crippen molar-refractivity contribution in [2.45, 2.75) is 33.2 Å². The molecule has 0 aromatic carbocycles. The van der Waals surface area contributed by atoms with Crippen molar-refractivity contribution >= 4 is 28.2 Å². The van der Waals surface area contributed by atoms with E-state index in [4.69, 9.17) is 5.10 Å². The second-order valence-corrected chi connectivity index (χ2v) is 7.15. The van der Waals surface area contributed by atoms with Crippen molar-refractivity contribution in [3.63, 3.8) is 0 Å². The van der Waals surface area contributed by atoms with Crippen LogP contribution in [0, 0.1) is 0 Å². The molecule has 4 rings (SSSR count). The van der Waals surface area contributed by atoms with Crippen LogP contribution >= 0.6 is 11.3 Å². The predicted molar refractivity (Wildman–Crippen MR) is 103 cm³/mol. The van der Waals surface area contributed by atoms with Gasteiger partial charge in [0.05, 0.1) is 22.0 Å². The molecule has 0 bridgehead atoms. The molecule has 0 aliphatic heterocycles. The second kappa shape index (κ2) is 6.53. The quantitative estimate of drug-likeness (QED) is 0.739. The first-order valence-electron chi connectivity index (χ1n) is 8.62. The molecule has 3 aromatic heterocycles. The zero-order valence-corrected chi connectivity index (χ0v) is 15.8. The number of amides is 1. The fourth-order valence-electron chi connectivity index (χ4n) is 3.29. The van der Waals surface area contributed by atoms with Gasteiger partial charge in [0.25, 0.3) is 0 Å². The number of hydrogen-bond acceptors (Lipinski definition) is 6. The van der Waals surface area contributed by atoms with Crippen LogP contribution in [0.15, 0.2) is 18.3 Å². The maximum atomic E-state index is 11.4. The van der Waals surface area contributed by atoms with Gasteiger partial charge in [-0.3, -0.25) is 9.48 Å². The van der Waals surface area contributed by atoms with Gasteiger partial charge in [0.1, 0.15) is 5.82 Å². The van der Waals surface area contributed by atoms with Crippen molar-refractivity contribution in [3.05, 3.63) is 29.6 Å². The second-order valence-electron chi connectivity index (χ2n) is 6.15. The Labute approximate surface area is 155 Å². The third-order valence-electron chi connectivity index (χ3n) is 4.45. The molecule has 134 valence electrons. The number of nitrogens with one attached hydrogen (secondary N) is 2. The molecule has 7 nitrogen and oxygen atoms in total. The number of hydrogen-bond donors (Lipinski definition) is 2. The number of fused-ring (bicyclic) bond motifs is 3. The van der Waals surface area contributed by atoms with E-state index in [2.05, 4.69) is 27.5 Å². The van der Waals surface area contributed by atoms with E-state index in [0.717, 1.165) is 52.7 Å². The molecule has 2 N–H and O–H groups in total. The van der Waals surface area contributed by atoms with Crippen LogP contribution in [-0.4, -0.2) is 32.7 Å². The number of aryl methyl sites for hydroxylation is 2. The van der Waals surface area contributed by atoms with Gasteiger partial charge in [-0.05, 0) is 31.9 Å². The standard InChI is InChI=1S/C18H20N6OS/c1-4-24-16-12(15(23-24)11-5-8-14(19-3)20-9-11)6-7-13-17(16)26-18(22-13)21-10(2)25/h5,8-9H,4,6-7H2,1-3H3,(H,19,20)(H,21,22,25). The summed E-state index contributed by atoms with van der Waals surface area (Å²) in [5, 5.41) is 11.3. The monoisotopic (exact) mass is 368 g/mol. The van der Waals surface area contributed by atoms with E-state index in [1.165, 1.54) is 23.8 Å². The number of carbonyl (C=O) groups is 1. The van der Waals surface area contributed by atoms with Crippen molar-refractivity contribution < 1.29 is 4.79 Å². The first kappa shape index (κ1) is 16.7. The average Bonchev–Trinajstić information content (AvgIpc) is 3.21. The van der Waals surface area contributed by atoms with Gasteiger partial charge in [-0.1, -0.05) is 11.3 Å². The van der Waals surface area contributed by atoms with E-state index in [9.17, 15) is 4.79 Å². The number of rotatable bonds is 4. The van der Waals surface area contributed by atoms with Crippen molar-refractivity contribution in [2.24, 2.45) is 0 Å². The van der Waals surface area contributed by atoms with Crippen molar-refractivity contribution in [2.75, 3.05) is 17.7 Å². The highest BCUT2D eigenvalue weighted by Gasteiger charge is 2.28. The van der Waals surface area contributed by atoms with Gasteiger partial charge in [-0.15, -0.1) is 0 Å². The highest BCUT2D eigenvalue weighted by atomic mass is 32.1. The van der Waals surface area contributed by atoms with Crippen molar-refractivity contribution in [1.82, 2.24) is 19.7 Å². The average molecular weight is 368 g/mol. The maximum absolute atomic E-state index is 11.4. The van der Waals surface area contributed by atoms with Gasteiger partial charge in [0.15, 0.2) is 5.13 Å². The lowest BCUT2D eigenvalue weighted by molar-refractivity contribution is -0.114. The zero-order valence-electron chi connectivity index (χ0n) is 15.0. The van der Waals surface area contributed by atoms with Gasteiger partial charge in [-0.25, -0.2) is 9.97 Å². The molecule has 3 heterocycles. The van der Waals surface area contributed by atoms with Gasteiger partial charge < -0.3 is 10.6 Å². The molecular weight excluding hydrogens is 348 g/mol. The number of pyridine rings is 1. The van der Waals surface area contributed by atoms with E-state index in [0.29, 0.717) is 5.13 Å². The van der Waals surface area contributed by atoms with E-state index in [1.807, 2.05) is 30.1 Å². The Kier molecular flexibility index (Phi) is 4.20. The zero-order chi connectivity index (χ0) is 18.3. The van der Waals surface area contributed by atoms with Crippen LogP contribution in [0.2, 0.25) is 0 Å². The molecule has 0 unspecified atom stereocenters. The highest BCUT2D eigenvalue weighted by molar-refractivity contribution is 7.19. The number of anilines is 2. The smallest absolute Gasteiger partial charge is 0.223 e. The minimum Gasteiger partial charge on any atom is -0.373 e. The summed E-state index contributed by atoms with van der Waals surface area (Å²) in [5.41, 5.74) is 5.39. The molecule has 0 spiro atoms. The highest BCUT2D eigenvalue weighted by Crippen LogP contribution is 2.43. The van der Waals surface area contributed by atoms with E-state index in [1.54, 1.807) is 0 Å². The predicted octanol–water partition coefficient (Wildman–Crippen LogP) is 3.19. The van der Waals surface area contributed by atoms with Crippen LogP contribution in [0.4, 0.5) is 10.9 Å². The van der Waals surface area contributed by atoms with Crippen molar-refractivity contribution in [1.29, 1.82) is 0 Å². The Balaban J connectivity index is 1.82. The van der Waals surface area contributed by atoms with E-state index >= 15 is 0 Å². The molecule has 0 fully saturated rings. The summed E-state index contributed by atoms with van der Waals surface area (Å²) in [5.74, 6) is 0.735. The third kappa shape index (κ3) is 2.76. The topological polar surface area (TPSA) is 84.7 Å². The maximum Gasteiger partial charge on any atom is 0.223 e. The van der Waals surface area contributed by atoms with E-state index < -0.39 is 0 Å². The van der Waals surface area contributed by atoms with Crippen LogP contribution in [-0.2, 0) is 24.2 Å². The first-order valence-corrected chi connectivity index (χ1v) is 9.43. The molecule has 8 heteroatoms. The molecule has 1 amide bonds. The summed E-state index contributed by atoms with van der Waals surface area (Å²) in [6, 6.07) is 4.01. The van der Waals surface area contributed by atoms with Crippen LogP contribution in [0.5, 0.6) is 0 Å². The summed E-state index contributed by atoms with van der Waals surface area (Å²) >= 11 is 1.52. The van der Waals surface area contributed by atoms with Crippen molar-refractivity contribution in [3.8, 4) is 21.8 Å². The minimum atomic E-state index is -0.100. The van der Waals surface area contributed by atoms with Crippen LogP contribution < -0.4 is 10.6 Å². The Bertz CT molecular complexity index is 972. The molecule has 0 saturated carbocycles. The summed E-state index contributed by atoms with van der Waals surface area (Å²) in [6.07, 6.45) is 3.59. The normalized spacial score (nSPS) is 12.4. The fourth-order valence-corrected chi connectivity index (χ4v) is 4.42. The van der Waals surface area contributed by atoms with E-state index in [-0.39, 0.29) is 5.91 Å². The van der Waals surface area contributed by atoms with Gasteiger partial charge in [-0.2, -0.15) is 5.10 Å². The lowest BCUT2D eigenvalue weighted by Gasteiger charge is -2.13. The molecule has 3 aromatic rings.